The van der Waals surface area contributed by atoms with E-state index in [1.165, 1.54) is 0 Å². The third-order valence-corrected chi connectivity index (χ3v) is 3.60. The normalized spacial score (nSPS) is 18.9. The molecule has 0 aromatic carbocycles. The van der Waals surface area contributed by atoms with Gasteiger partial charge in [0.1, 0.15) is 5.60 Å². The van der Waals surface area contributed by atoms with Crippen LogP contribution in [0.5, 0.6) is 0 Å². The molecular formula is C15H23ClN4O2. The molecule has 1 fully saturated rings. The average Bonchev–Trinajstić information content (AvgIpc) is 2.44. The topological polar surface area (TPSA) is 67.3 Å². The van der Waals surface area contributed by atoms with Gasteiger partial charge in [-0.1, -0.05) is 11.6 Å². The number of nitrogens with one attached hydrogen (secondary N) is 1. The van der Waals surface area contributed by atoms with Gasteiger partial charge in [-0.05, 0) is 51.7 Å². The molecule has 0 saturated carbocycles. The Bertz CT molecular complexity index is 501. The predicted molar refractivity (Wildman–Crippen MR) is 86.2 cm³/mol. The number of amides is 1. The molecule has 7 heteroatoms. The van der Waals surface area contributed by atoms with Crippen molar-refractivity contribution in [2.24, 2.45) is 5.92 Å². The number of ether oxygens (including phenoxy) is 1. The highest BCUT2D eigenvalue weighted by Gasteiger charge is 2.23. The van der Waals surface area contributed by atoms with Gasteiger partial charge < -0.3 is 15.0 Å². The van der Waals surface area contributed by atoms with Crippen LogP contribution in [0, 0.1) is 5.92 Å². The Morgan fingerprint density at radius 2 is 2.23 bits per heavy atom. The van der Waals surface area contributed by atoms with Crippen molar-refractivity contribution in [3.8, 4) is 0 Å². The maximum absolute atomic E-state index is 11.7. The molecule has 1 atom stereocenters. The van der Waals surface area contributed by atoms with E-state index in [-0.39, 0.29) is 6.09 Å². The summed E-state index contributed by atoms with van der Waals surface area (Å²) in [6, 6.07) is 3.62. The first-order valence-corrected chi connectivity index (χ1v) is 7.92. The fourth-order valence-electron chi connectivity index (χ4n) is 2.46. The van der Waals surface area contributed by atoms with Gasteiger partial charge in [-0.2, -0.15) is 0 Å². The van der Waals surface area contributed by atoms with E-state index in [0.29, 0.717) is 17.6 Å². The van der Waals surface area contributed by atoms with Gasteiger partial charge in [-0.25, -0.2) is 4.79 Å². The SMILES string of the molecule is CC(C)(C)OC(=O)NCC1CCCN(c2ccc(Cl)nn2)C1. The second kappa shape index (κ2) is 7.13. The Hall–Kier alpha value is -1.56. The van der Waals surface area contributed by atoms with Gasteiger partial charge in [0.25, 0.3) is 0 Å². The third kappa shape index (κ3) is 5.33. The van der Waals surface area contributed by atoms with Gasteiger partial charge >= 0.3 is 6.09 Å². The van der Waals surface area contributed by atoms with Crippen molar-refractivity contribution in [3.63, 3.8) is 0 Å². The lowest BCUT2D eigenvalue weighted by atomic mass is 9.98. The molecule has 1 N–H and O–H groups in total. The number of anilines is 1. The minimum Gasteiger partial charge on any atom is -0.444 e. The number of piperidine rings is 1. The Kier molecular flexibility index (Phi) is 5.45. The molecule has 6 nitrogen and oxygen atoms in total. The fraction of sp³-hybridized carbons (Fsp3) is 0.667. The third-order valence-electron chi connectivity index (χ3n) is 3.39. The molecule has 22 heavy (non-hydrogen) atoms. The van der Waals surface area contributed by atoms with Gasteiger partial charge in [0, 0.05) is 19.6 Å². The molecule has 0 radical (unpaired) electrons. The van der Waals surface area contributed by atoms with Gasteiger partial charge in [0.2, 0.25) is 0 Å². The highest BCUT2D eigenvalue weighted by atomic mass is 35.5. The van der Waals surface area contributed by atoms with Crippen molar-refractivity contribution in [1.29, 1.82) is 0 Å². The number of halogens is 1. The molecule has 0 aliphatic carbocycles. The van der Waals surface area contributed by atoms with Gasteiger partial charge in [-0.3, -0.25) is 0 Å². The maximum atomic E-state index is 11.7. The molecule has 1 unspecified atom stereocenters. The van der Waals surface area contributed by atoms with Crippen LogP contribution in [-0.2, 0) is 4.74 Å². The van der Waals surface area contributed by atoms with Crippen LogP contribution in [0.25, 0.3) is 0 Å². The lowest BCUT2D eigenvalue weighted by molar-refractivity contribution is 0.0517. The van der Waals surface area contributed by atoms with Crippen molar-refractivity contribution >= 4 is 23.5 Å². The van der Waals surface area contributed by atoms with Crippen LogP contribution < -0.4 is 10.2 Å². The molecule has 1 amide bonds. The van der Waals surface area contributed by atoms with Crippen LogP contribution in [0.4, 0.5) is 10.6 Å². The summed E-state index contributed by atoms with van der Waals surface area (Å²) in [5.74, 6) is 1.20. The van der Waals surface area contributed by atoms with Crippen LogP contribution in [0.2, 0.25) is 5.15 Å². The summed E-state index contributed by atoms with van der Waals surface area (Å²) in [6.07, 6.45) is 1.77. The molecule has 1 saturated heterocycles. The highest BCUT2D eigenvalue weighted by molar-refractivity contribution is 6.29. The van der Waals surface area contributed by atoms with Crippen molar-refractivity contribution in [3.05, 3.63) is 17.3 Å². The van der Waals surface area contributed by atoms with Crippen molar-refractivity contribution < 1.29 is 9.53 Å². The number of carbonyl (C=O) groups is 1. The maximum Gasteiger partial charge on any atom is 0.407 e. The van der Waals surface area contributed by atoms with E-state index >= 15 is 0 Å². The van der Waals surface area contributed by atoms with Crippen LogP contribution >= 0.6 is 11.6 Å². The zero-order valence-electron chi connectivity index (χ0n) is 13.3. The minimum atomic E-state index is -0.471. The number of rotatable bonds is 3. The summed E-state index contributed by atoms with van der Waals surface area (Å²) in [5, 5.41) is 11.2. The Labute approximate surface area is 136 Å². The quantitative estimate of drug-likeness (QED) is 0.925. The van der Waals surface area contributed by atoms with Crippen LogP contribution in [-0.4, -0.2) is 41.5 Å². The number of hydrogen-bond acceptors (Lipinski definition) is 5. The second-order valence-corrected chi connectivity index (χ2v) is 6.94. The molecule has 1 aliphatic heterocycles. The van der Waals surface area contributed by atoms with Crippen LogP contribution in [0.15, 0.2) is 12.1 Å². The monoisotopic (exact) mass is 326 g/mol. The fourth-order valence-corrected chi connectivity index (χ4v) is 2.56. The Morgan fingerprint density at radius 1 is 1.45 bits per heavy atom. The van der Waals surface area contributed by atoms with Gasteiger partial charge in [-0.15, -0.1) is 10.2 Å². The molecule has 1 aliphatic rings. The molecule has 122 valence electrons. The van der Waals surface area contributed by atoms with E-state index in [9.17, 15) is 4.79 Å². The number of carbonyl (C=O) groups excluding carboxylic acids is 1. The lowest BCUT2D eigenvalue weighted by Crippen LogP contribution is -2.42. The zero-order valence-corrected chi connectivity index (χ0v) is 14.1. The number of aromatic nitrogens is 2. The summed E-state index contributed by atoms with van der Waals surface area (Å²) >= 11 is 5.76. The van der Waals surface area contributed by atoms with Crippen LogP contribution in [0.1, 0.15) is 33.6 Å². The van der Waals surface area contributed by atoms with E-state index in [2.05, 4.69) is 20.4 Å². The number of nitrogens with zero attached hydrogens (tertiary/aromatic N) is 3. The zero-order chi connectivity index (χ0) is 16.2. The largest absolute Gasteiger partial charge is 0.444 e. The molecular weight excluding hydrogens is 304 g/mol. The highest BCUT2D eigenvalue weighted by Crippen LogP contribution is 2.21. The molecule has 2 rings (SSSR count). The molecule has 2 heterocycles. The number of hydrogen-bond donors (Lipinski definition) is 1. The van der Waals surface area contributed by atoms with E-state index in [0.717, 1.165) is 31.7 Å². The van der Waals surface area contributed by atoms with E-state index in [1.807, 2.05) is 26.8 Å². The summed E-state index contributed by atoms with van der Waals surface area (Å²) in [6.45, 7) is 7.95. The van der Waals surface area contributed by atoms with Crippen molar-refractivity contribution in [1.82, 2.24) is 15.5 Å². The molecule has 0 bridgehead atoms. The van der Waals surface area contributed by atoms with Crippen molar-refractivity contribution in [2.45, 2.75) is 39.2 Å². The first kappa shape index (κ1) is 16.8. The van der Waals surface area contributed by atoms with E-state index < -0.39 is 5.60 Å². The first-order chi connectivity index (χ1) is 10.3. The van der Waals surface area contributed by atoms with Crippen molar-refractivity contribution in [2.75, 3.05) is 24.5 Å². The summed E-state index contributed by atoms with van der Waals surface area (Å²) in [5.41, 5.74) is -0.471. The van der Waals surface area contributed by atoms with Crippen LogP contribution in [0.3, 0.4) is 0 Å². The second-order valence-electron chi connectivity index (χ2n) is 6.55. The van der Waals surface area contributed by atoms with Gasteiger partial charge in [0.05, 0.1) is 0 Å². The summed E-state index contributed by atoms with van der Waals surface area (Å²) in [7, 11) is 0. The Morgan fingerprint density at radius 3 is 2.86 bits per heavy atom. The standard InChI is InChI=1S/C15H23ClN4O2/c1-15(2,3)22-14(21)17-9-11-5-4-8-20(10-11)13-7-6-12(16)18-19-13/h6-7,11H,4-5,8-10H2,1-3H3,(H,17,21). The minimum absolute atomic E-state index is 0.365. The summed E-state index contributed by atoms with van der Waals surface area (Å²) < 4.78 is 5.25. The van der Waals surface area contributed by atoms with E-state index in [4.69, 9.17) is 16.3 Å². The lowest BCUT2D eigenvalue weighted by Gasteiger charge is -2.33. The first-order valence-electron chi connectivity index (χ1n) is 7.54. The van der Waals surface area contributed by atoms with E-state index in [1.54, 1.807) is 6.07 Å². The smallest absolute Gasteiger partial charge is 0.407 e. The molecule has 1 aromatic heterocycles. The summed E-state index contributed by atoms with van der Waals surface area (Å²) in [4.78, 5) is 13.9. The molecule has 0 spiro atoms. The Balaban J connectivity index is 1.83. The molecule has 1 aromatic rings. The average molecular weight is 327 g/mol. The number of alkyl carbamates (subject to hydrolysis) is 1. The van der Waals surface area contributed by atoms with Gasteiger partial charge in [0.15, 0.2) is 11.0 Å². The predicted octanol–water partition coefficient (Wildman–Crippen LogP) is 2.87.